The van der Waals surface area contributed by atoms with Crippen LogP contribution in [0.1, 0.15) is 29.6 Å². The molecule has 2 aromatic rings. The van der Waals surface area contributed by atoms with Crippen molar-refractivity contribution in [2.45, 2.75) is 31.3 Å². The largest absolute Gasteiger partial charge is 0.484 e. The minimum atomic E-state index is -0.854. The Morgan fingerprint density at radius 3 is 2.32 bits per heavy atom. The lowest BCUT2D eigenvalue weighted by molar-refractivity contribution is -0.140. The molecular formula is C23H22N2O6. The summed E-state index contributed by atoms with van der Waals surface area (Å²) in [5.41, 5.74) is 0.670. The summed E-state index contributed by atoms with van der Waals surface area (Å²) in [5.74, 6) is -1.10. The number of carbonyl (C=O) groups excluding carboxylic acids is 4. The van der Waals surface area contributed by atoms with Gasteiger partial charge in [-0.2, -0.15) is 0 Å². The van der Waals surface area contributed by atoms with Crippen LogP contribution in [0.5, 0.6) is 5.75 Å². The van der Waals surface area contributed by atoms with Crippen LogP contribution in [0.25, 0.3) is 0 Å². The van der Waals surface area contributed by atoms with Crippen molar-refractivity contribution in [2.75, 3.05) is 18.6 Å². The normalized spacial score (nSPS) is 18.1. The molecule has 8 heteroatoms. The molecule has 1 aliphatic carbocycles. The number of esters is 1. The van der Waals surface area contributed by atoms with Crippen molar-refractivity contribution in [3.8, 4) is 5.75 Å². The molecule has 1 aliphatic heterocycles. The summed E-state index contributed by atoms with van der Waals surface area (Å²) in [5, 5.41) is 0. The molecule has 2 aromatic carbocycles. The molecule has 1 heterocycles. The molecule has 0 bridgehead atoms. The highest BCUT2D eigenvalue weighted by Gasteiger charge is 2.48. The van der Waals surface area contributed by atoms with Crippen molar-refractivity contribution in [2.24, 2.45) is 0 Å². The van der Waals surface area contributed by atoms with E-state index >= 15 is 0 Å². The van der Waals surface area contributed by atoms with E-state index in [-0.39, 0.29) is 30.9 Å². The number of ether oxygens (including phenoxy) is 2. The Bertz CT molecular complexity index is 1000. The Labute approximate surface area is 179 Å². The fourth-order valence-electron chi connectivity index (χ4n) is 3.69. The number of benzene rings is 2. The number of anilines is 1. The number of rotatable bonds is 7. The summed E-state index contributed by atoms with van der Waals surface area (Å²) in [4.78, 5) is 52.9. The predicted molar refractivity (Wildman–Crippen MR) is 110 cm³/mol. The van der Waals surface area contributed by atoms with E-state index in [1.54, 1.807) is 24.3 Å². The zero-order valence-electron chi connectivity index (χ0n) is 17.0. The SMILES string of the molecule is COC(=O)c1ccc(N2C(=O)CC(N(C(=O)COc3ccccc3)C3CC3)C2=O)cc1. The predicted octanol–water partition coefficient (Wildman–Crippen LogP) is 2.18. The average Bonchev–Trinajstić information content (AvgIpc) is 3.58. The fraction of sp³-hybridized carbons (Fsp3) is 0.304. The van der Waals surface area contributed by atoms with Gasteiger partial charge in [0.2, 0.25) is 5.91 Å². The number of methoxy groups -OCH3 is 1. The van der Waals surface area contributed by atoms with Crippen LogP contribution in [-0.2, 0) is 19.1 Å². The second-order valence-corrected chi connectivity index (χ2v) is 7.46. The van der Waals surface area contributed by atoms with E-state index in [9.17, 15) is 19.2 Å². The van der Waals surface area contributed by atoms with Gasteiger partial charge in [-0.15, -0.1) is 0 Å². The fourth-order valence-corrected chi connectivity index (χ4v) is 3.69. The third-order valence-electron chi connectivity index (χ3n) is 5.34. The van der Waals surface area contributed by atoms with Crippen molar-refractivity contribution in [3.63, 3.8) is 0 Å². The topological polar surface area (TPSA) is 93.2 Å². The van der Waals surface area contributed by atoms with E-state index in [2.05, 4.69) is 4.74 Å². The van der Waals surface area contributed by atoms with Gasteiger partial charge in [0, 0.05) is 6.04 Å². The summed E-state index contributed by atoms with van der Waals surface area (Å²) < 4.78 is 10.2. The van der Waals surface area contributed by atoms with Crippen molar-refractivity contribution in [1.29, 1.82) is 0 Å². The Kier molecular flexibility index (Phi) is 5.70. The van der Waals surface area contributed by atoms with Crippen molar-refractivity contribution >= 4 is 29.4 Å². The third-order valence-corrected chi connectivity index (χ3v) is 5.34. The molecule has 1 saturated heterocycles. The summed E-state index contributed by atoms with van der Waals surface area (Å²) in [6.45, 7) is -0.202. The van der Waals surface area contributed by atoms with Gasteiger partial charge in [0.1, 0.15) is 11.8 Å². The van der Waals surface area contributed by atoms with E-state index in [0.717, 1.165) is 17.7 Å². The van der Waals surface area contributed by atoms with E-state index in [1.807, 2.05) is 6.07 Å². The first-order valence-corrected chi connectivity index (χ1v) is 10.0. The average molecular weight is 422 g/mol. The minimum absolute atomic E-state index is 0.0599. The maximum atomic E-state index is 13.1. The highest BCUT2D eigenvalue weighted by Crippen LogP contribution is 2.34. The van der Waals surface area contributed by atoms with Gasteiger partial charge >= 0.3 is 5.97 Å². The number of para-hydroxylation sites is 1. The Morgan fingerprint density at radius 2 is 1.71 bits per heavy atom. The molecule has 1 atom stereocenters. The van der Waals surface area contributed by atoms with E-state index < -0.39 is 17.9 Å². The van der Waals surface area contributed by atoms with Crippen LogP contribution in [0.3, 0.4) is 0 Å². The first kappa shape index (κ1) is 20.6. The van der Waals surface area contributed by atoms with Gasteiger partial charge in [0.05, 0.1) is 24.8 Å². The molecule has 2 fully saturated rings. The second kappa shape index (κ2) is 8.59. The van der Waals surface area contributed by atoms with Crippen LogP contribution < -0.4 is 9.64 Å². The van der Waals surface area contributed by atoms with Crippen LogP contribution in [0.15, 0.2) is 54.6 Å². The van der Waals surface area contributed by atoms with Gasteiger partial charge in [0.15, 0.2) is 6.61 Å². The molecule has 0 N–H and O–H groups in total. The zero-order valence-corrected chi connectivity index (χ0v) is 17.0. The van der Waals surface area contributed by atoms with Gasteiger partial charge in [-0.3, -0.25) is 14.4 Å². The minimum Gasteiger partial charge on any atom is -0.484 e. The molecule has 2 aliphatic rings. The number of hydrogen-bond donors (Lipinski definition) is 0. The number of carbonyl (C=O) groups is 4. The van der Waals surface area contributed by atoms with Crippen LogP contribution in [0, 0.1) is 0 Å². The molecule has 31 heavy (non-hydrogen) atoms. The van der Waals surface area contributed by atoms with Gasteiger partial charge in [-0.05, 0) is 49.2 Å². The molecule has 0 aromatic heterocycles. The first-order valence-electron chi connectivity index (χ1n) is 10.0. The lowest BCUT2D eigenvalue weighted by atomic mass is 10.2. The molecule has 160 valence electrons. The lowest BCUT2D eigenvalue weighted by Gasteiger charge is -2.27. The Hall–Kier alpha value is -3.68. The molecule has 1 saturated carbocycles. The molecule has 4 rings (SSSR count). The third kappa shape index (κ3) is 4.28. The molecule has 0 radical (unpaired) electrons. The van der Waals surface area contributed by atoms with Crippen LogP contribution in [-0.4, -0.2) is 54.4 Å². The molecular weight excluding hydrogens is 400 g/mol. The summed E-state index contributed by atoms with van der Waals surface area (Å²) in [7, 11) is 1.28. The lowest BCUT2D eigenvalue weighted by Crippen LogP contribution is -2.48. The van der Waals surface area contributed by atoms with Gasteiger partial charge < -0.3 is 14.4 Å². The molecule has 8 nitrogen and oxygen atoms in total. The summed E-state index contributed by atoms with van der Waals surface area (Å²) >= 11 is 0. The van der Waals surface area contributed by atoms with Gasteiger partial charge in [-0.1, -0.05) is 18.2 Å². The van der Waals surface area contributed by atoms with Crippen molar-refractivity contribution in [1.82, 2.24) is 4.90 Å². The van der Waals surface area contributed by atoms with Crippen molar-refractivity contribution < 1.29 is 28.7 Å². The Morgan fingerprint density at radius 1 is 1.03 bits per heavy atom. The molecule has 0 spiro atoms. The van der Waals surface area contributed by atoms with Crippen LogP contribution in [0.2, 0.25) is 0 Å². The number of imide groups is 1. The first-order chi connectivity index (χ1) is 15.0. The summed E-state index contributed by atoms with van der Waals surface area (Å²) in [6.07, 6.45) is 1.51. The van der Waals surface area contributed by atoms with Gasteiger partial charge in [0.25, 0.3) is 11.8 Å². The monoisotopic (exact) mass is 422 g/mol. The highest BCUT2D eigenvalue weighted by atomic mass is 16.5. The Balaban J connectivity index is 1.49. The molecule has 1 unspecified atom stereocenters. The van der Waals surface area contributed by atoms with Crippen LogP contribution >= 0.6 is 0 Å². The van der Waals surface area contributed by atoms with Gasteiger partial charge in [-0.25, -0.2) is 9.69 Å². The summed E-state index contributed by atoms with van der Waals surface area (Å²) in [6, 6.07) is 14.1. The highest BCUT2D eigenvalue weighted by molar-refractivity contribution is 6.23. The van der Waals surface area contributed by atoms with Crippen molar-refractivity contribution in [3.05, 3.63) is 60.2 Å². The maximum absolute atomic E-state index is 13.1. The zero-order chi connectivity index (χ0) is 22.0. The maximum Gasteiger partial charge on any atom is 0.337 e. The van der Waals surface area contributed by atoms with E-state index in [0.29, 0.717) is 17.0 Å². The van der Waals surface area contributed by atoms with E-state index in [1.165, 1.54) is 36.3 Å². The van der Waals surface area contributed by atoms with E-state index in [4.69, 9.17) is 4.74 Å². The number of hydrogen-bond acceptors (Lipinski definition) is 6. The smallest absolute Gasteiger partial charge is 0.337 e. The molecule has 3 amide bonds. The quantitative estimate of drug-likeness (QED) is 0.502. The van der Waals surface area contributed by atoms with Crippen LogP contribution in [0.4, 0.5) is 5.69 Å². The second-order valence-electron chi connectivity index (χ2n) is 7.46. The number of nitrogens with zero attached hydrogens (tertiary/aromatic N) is 2. The number of amides is 3. The standard InChI is InChI=1S/C23H22N2O6/c1-30-23(29)15-7-9-17(10-8-15)25-20(26)13-19(22(25)28)24(16-11-12-16)21(27)14-31-18-5-3-2-4-6-18/h2-10,16,19H,11-14H2,1H3.